The molecule has 0 heterocycles. The number of hydrazine groups is 1. The van der Waals surface area contributed by atoms with Gasteiger partial charge in [0.2, 0.25) is 0 Å². The van der Waals surface area contributed by atoms with E-state index in [0.717, 1.165) is 0 Å². The van der Waals surface area contributed by atoms with Gasteiger partial charge in [-0.05, 0) is 0 Å². The minimum atomic E-state index is -2.91. The van der Waals surface area contributed by atoms with E-state index >= 15 is 0 Å². The highest BCUT2D eigenvalue weighted by Gasteiger charge is 2.23. The molecule has 78 valence electrons. The third-order valence-electron chi connectivity index (χ3n) is 1.51. The van der Waals surface area contributed by atoms with Crippen LogP contribution in [-0.2, 0) is 0 Å². The quantitative estimate of drug-likeness (QED) is 0.189. The number of amidine groups is 1. The molecule has 0 spiro atoms. The van der Waals surface area contributed by atoms with Crippen LogP contribution in [0.25, 0.3) is 0 Å². The summed E-state index contributed by atoms with van der Waals surface area (Å²) >= 11 is 0. The highest BCUT2D eigenvalue weighted by atomic mass is 19.3. The standard InChI is InChI=1S/C6H14F2N4O/c1-6(2,3-13)4(9)11-12(10)5(7)8/h5,13H,3,10H2,1-2H3,(H2,9,11). The minimum Gasteiger partial charge on any atom is -0.395 e. The van der Waals surface area contributed by atoms with Crippen LogP contribution in [0.5, 0.6) is 0 Å². The van der Waals surface area contributed by atoms with Crippen LogP contribution < -0.4 is 11.6 Å². The zero-order chi connectivity index (χ0) is 10.6. The number of nitrogens with zero attached hydrogens (tertiary/aromatic N) is 2. The lowest BCUT2D eigenvalue weighted by Gasteiger charge is -2.22. The van der Waals surface area contributed by atoms with Crippen LogP contribution >= 0.6 is 0 Å². The number of hydrogen-bond acceptors (Lipinski definition) is 4. The van der Waals surface area contributed by atoms with Gasteiger partial charge >= 0.3 is 6.55 Å². The second-order valence-electron chi connectivity index (χ2n) is 3.18. The van der Waals surface area contributed by atoms with Crippen molar-refractivity contribution in [3.63, 3.8) is 0 Å². The third kappa shape index (κ3) is 3.51. The van der Waals surface area contributed by atoms with Gasteiger partial charge in [0.1, 0.15) is 5.84 Å². The zero-order valence-corrected chi connectivity index (χ0v) is 7.54. The summed E-state index contributed by atoms with van der Waals surface area (Å²) < 4.78 is 23.7. The lowest BCUT2D eigenvalue weighted by atomic mass is 9.94. The molecule has 0 atom stereocenters. The largest absolute Gasteiger partial charge is 0.395 e. The Hall–Kier alpha value is -0.950. The van der Waals surface area contributed by atoms with Crippen molar-refractivity contribution < 1.29 is 13.9 Å². The number of alkyl halides is 2. The average Bonchev–Trinajstić information content (AvgIpc) is 2.04. The average molecular weight is 196 g/mol. The van der Waals surface area contributed by atoms with Gasteiger partial charge in [0.15, 0.2) is 0 Å². The molecule has 13 heavy (non-hydrogen) atoms. The Balaban J connectivity index is 4.48. The molecule has 0 aliphatic carbocycles. The van der Waals surface area contributed by atoms with Gasteiger partial charge in [-0.3, -0.25) is 0 Å². The highest BCUT2D eigenvalue weighted by molar-refractivity contribution is 5.85. The number of hydrogen-bond donors (Lipinski definition) is 3. The Morgan fingerprint density at radius 2 is 2.08 bits per heavy atom. The van der Waals surface area contributed by atoms with E-state index in [0.29, 0.717) is 0 Å². The van der Waals surface area contributed by atoms with Crippen molar-refractivity contribution in [3.05, 3.63) is 0 Å². The van der Waals surface area contributed by atoms with Crippen LogP contribution in [0.2, 0.25) is 0 Å². The highest BCUT2D eigenvalue weighted by Crippen LogP contribution is 2.14. The number of halogens is 2. The molecule has 0 radical (unpaired) electrons. The Morgan fingerprint density at radius 1 is 1.62 bits per heavy atom. The normalized spacial score (nSPS) is 13.6. The van der Waals surface area contributed by atoms with E-state index in [1.54, 1.807) is 13.8 Å². The van der Waals surface area contributed by atoms with E-state index in [4.69, 9.17) is 16.7 Å². The number of aliphatic hydroxyl groups is 1. The SMILES string of the molecule is CC(C)(CO)/C(N)=N/N(N)C(F)F. The second kappa shape index (κ2) is 4.33. The van der Waals surface area contributed by atoms with Crippen molar-refractivity contribution in [1.29, 1.82) is 0 Å². The van der Waals surface area contributed by atoms with Crippen molar-refractivity contribution in [2.45, 2.75) is 20.4 Å². The zero-order valence-electron chi connectivity index (χ0n) is 7.54. The fraction of sp³-hybridized carbons (Fsp3) is 0.833. The topological polar surface area (TPSA) is 87.9 Å². The van der Waals surface area contributed by atoms with Crippen LogP contribution in [0.3, 0.4) is 0 Å². The monoisotopic (exact) mass is 196 g/mol. The third-order valence-corrected chi connectivity index (χ3v) is 1.51. The van der Waals surface area contributed by atoms with Gasteiger partial charge in [0.25, 0.3) is 0 Å². The number of rotatable bonds is 4. The molecule has 5 N–H and O–H groups in total. The predicted molar refractivity (Wildman–Crippen MR) is 44.5 cm³/mol. The summed E-state index contributed by atoms with van der Waals surface area (Å²) in [5, 5.41) is 12.0. The predicted octanol–water partition coefficient (Wildman–Crippen LogP) is -0.325. The molecule has 0 saturated carbocycles. The molecule has 7 heteroatoms. The Labute approximate surface area is 75.0 Å². The molecule has 0 aromatic rings. The number of hydrazone groups is 1. The smallest absolute Gasteiger partial charge is 0.342 e. The summed E-state index contributed by atoms with van der Waals surface area (Å²) in [6.45, 7) is -0.0802. The van der Waals surface area contributed by atoms with Gasteiger partial charge in [-0.15, -0.1) is 5.10 Å². The Morgan fingerprint density at radius 3 is 2.38 bits per heavy atom. The first kappa shape index (κ1) is 12.0. The molecule has 0 saturated heterocycles. The molecule has 0 aromatic carbocycles. The maximum Gasteiger partial charge on any atom is 0.342 e. The lowest BCUT2D eigenvalue weighted by Crippen LogP contribution is -2.40. The van der Waals surface area contributed by atoms with Crippen molar-refractivity contribution in [1.82, 2.24) is 5.12 Å². The molecule has 5 nitrogen and oxygen atoms in total. The molecule has 0 bridgehead atoms. The summed E-state index contributed by atoms with van der Waals surface area (Å²) in [5.41, 5.74) is 4.48. The van der Waals surface area contributed by atoms with Gasteiger partial charge in [-0.2, -0.15) is 13.9 Å². The first-order valence-electron chi connectivity index (χ1n) is 3.58. The van der Waals surface area contributed by atoms with Crippen LogP contribution in [-0.4, -0.2) is 29.2 Å². The maximum absolute atomic E-state index is 11.9. The van der Waals surface area contributed by atoms with Gasteiger partial charge in [0.05, 0.1) is 6.61 Å². The molecule has 0 rings (SSSR count). The first-order chi connectivity index (χ1) is 5.81. The molecule has 0 aromatic heterocycles. The molecule has 0 fully saturated rings. The second-order valence-corrected chi connectivity index (χ2v) is 3.18. The molecule has 0 aliphatic heterocycles. The Kier molecular flexibility index (Phi) is 4.02. The molecular weight excluding hydrogens is 182 g/mol. The summed E-state index contributed by atoms with van der Waals surface area (Å²) in [5.74, 6) is 4.66. The Bertz CT molecular complexity index is 195. The summed E-state index contributed by atoms with van der Waals surface area (Å²) in [6.07, 6.45) is 0. The van der Waals surface area contributed by atoms with E-state index in [-0.39, 0.29) is 17.6 Å². The van der Waals surface area contributed by atoms with E-state index in [9.17, 15) is 8.78 Å². The van der Waals surface area contributed by atoms with Gasteiger partial charge in [-0.1, -0.05) is 13.8 Å². The molecule has 0 unspecified atom stereocenters. The fourth-order valence-electron chi connectivity index (χ4n) is 0.384. The molecule has 0 aliphatic rings. The summed E-state index contributed by atoms with van der Waals surface area (Å²) in [4.78, 5) is 0. The fourth-order valence-corrected chi connectivity index (χ4v) is 0.384. The van der Waals surface area contributed by atoms with Crippen molar-refractivity contribution in [2.24, 2.45) is 22.1 Å². The lowest BCUT2D eigenvalue weighted by molar-refractivity contribution is -0.0276. The van der Waals surface area contributed by atoms with E-state index in [1.165, 1.54) is 0 Å². The van der Waals surface area contributed by atoms with Crippen molar-refractivity contribution >= 4 is 5.84 Å². The first-order valence-corrected chi connectivity index (χ1v) is 3.58. The minimum absolute atomic E-state index is 0.0489. The number of aliphatic hydroxyl groups excluding tert-OH is 1. The molecule has 0 amide bonds. The van der Waals surface area contributed by atoms with Crippen LogP contribution in [0, 0.1) is 5.41 Å². The van der Waals surface area contributed by atoms with E-state index < -0.39 is 12.0 Å². The van der Waals surface area contributed by atoms with Crippen LogP contribution in [0.4, 0.5) is 8.78 Å². The van der Waals surface area contributed by atoms with Crippen molar-refractivity contribution in [2.75, 3.05) is 6.61 Å². The summed E-state index contributed by atoms with van der Waals surface area (Å²) in [7, 11) is 0. The summed E-state index contributed by atoms with van der Waals surface area (Å²) in [6, 6.07) is 0. The maximum atomic E-state index is 11.9. The van der Waals surface area contributed by atoms with Gasteiger partial charge in [-0.25, -0.2) is 5.84 Å². The van der Waals surface area contributed by atoms with Gasteiger partial charge < -0.3 is 10.8 Å². The van der Waals surface area contributed by atoms with Gasteiger partial charge in [0, 0.05) is 5.41 Å². The van der Waals surface area contributed by atoms with E-state index in [1.807, 2.05) is 0 Å². The molecular formula is C6H14F2N4O. The van der Waals surface area contributed by atoms with Crippen LogP contribution in [0.1, 0.15) is 13.8 Å². The van der Waals surface area contributed by atoms with E-state index in [2.05, 4.69) is 5.10 Å². The number of nitrogens with two attached hydrogens (primary N) is 2. The van der Waals surface area contributed by atoms with Crippen molar-refractivity contribution in [3.8, 4) is 0 Å². The van der Waals surface area contributed by atoms with Crippen LogP contribution in [0.15, 0.2) is 5.10 Å².